The van der Waals surface area contributed by atoms with Gasteiger partial charge in [0, 0.05) is 16.3 Å². The van der Waals surface area contributed by atoms with Gasteiger partial charge in [-0.15, -0.1) is 11.8 Å². The van der Waals surface area contributed by atoms with Crippen LogP contribution in [-0.4, -0.2) is 19.5 Å². The molecule has 0 atom stereocenters. The first-order chi connectivity index (χ1) is 9.78. The summed E-state index contributed by atoms with van der Waals surface area (Å²) in [5.41, 5.74) is 6.38. The molecular formula is C16H19NO2S. The maximum absolute atomic E-state index is 5.65. The smallest absolute Gasteiger partial charge is 0.119 e. The predicted octanol–water partition coefficient (Wildman–Crippen LogP) is 3.84. The van der Waals surface area contributed by atoms with Crippen molar-refractivity contribution in [2.24, 2.45) is 0 Å². The van der Waals surface area contributed by atoms with Crippen LogP contribution in [0, 0.1) is 0 Å². The zero-order valence-electron chi connectivity index (χ0n) is 11.5. The summed E-state index contributed by atoms with van der Waals surface area (Å²) in [5, 5.41) is 0. The fourth-order valence-electron chi connectivity index (χ4n) is 1.69. The molecule has 106 valence electrons. The molecule has 0 heterocycles. The molecule has 0 spiro atoms. The van der Waals surface area contributed by atoms with E-state index in [2.05, 4.69) is 6.07 Å². The highest BCUT2D eigenvalue weighted by Crippen LogP contribution is 2.23. The van der Waals surface area contributed by atoms with Crippen molar-refractivity contribution in [3.63, 3.8) is 0 Å². The van der Waals surface area contributed by atoms with Crippen LogP contribution < -0.4 is 15.2 Å². The van der Waals surface area contributed by atoms with Crippen LogP contribution in [0.15, 0.2) is 53.4 Å². The van der Waals surface area contributed by atoms with Gasteiger partial charge in [0.25, 0.3) is 0 Å². The number of nitrogen functional groups attached to an aromatic ring is 1. The first-order valence-corrected chi connectivity index (χ1v) is 7.51. The Balaban J connectivity index is 1.67. The van der Waals surface area contributed by atoms with Crippen LogP contribution in [0.3, 0.4) is 0 Å². The highest BCUT2D eigenvalue weighted by atomic mass is 32.2. The van der Waals surface area contributed by atoms with Gasteiger partial charge in [-0.2, -0.15) is 0 Å². The molecule has 0 radical (unpaired) electrons. The number of thioether (sulfide) groups is 1. The summed E-state index contributed by atoms with van der Waals surface area (Å²) in [6, 6.07) is 15.6. The molecule has 2 N–H and O–H groups in total. The van der Waals surface area contributed by atoms with Gasteiger partial charge in [0.15, 0.2) is 0 Å². The minimum Gasteiger partial charge on any atom is -0.497 e. The number of benzene rings is 2. The zero-order valence-corrected chi connectivity index (χ0v) is 12.4. The van der Waals surface area contributed by atoms with E-state index in [0.717, 1.165) is 29.4 Å². The SMILES string of the molecule is COc1cccc(SCCCOc2ccc(N)cc2)c1. The van der Waals surface area contributed by atoms with Gasteiger partial charge in [-0.25, -0.2) is 0 Å². The molecule has 0 aliphatic heterocycles. The van der Waals surface area contributed by atoms with Gasteiger partial charge in [-0.05, 0) is 48.9 Å². The molecule has 0 saturated carbocycles. The van der Waals surface area contributed by atoms with Gasteiger partial charge < -0.3 is 15.2 Å². The fourth-order valence-corrected chi connectivity index (χ4v) is 2.57. The van der Waals surface area contributed by atoms with Crippen molar-refractivity contribution < 1.29 is 9.47 Å². The first-order valence-electron chi connectivity index (χ1n) is 6.53. The second-order valence-corrected chi connectivity index (χ2v) is 5.47. The highest BCUT2D eigenvalue weighted by molar-refractivity contribution is 7.99. The van der Waals surface area contributed by atoms with Crippen LogP contribution >= 0.6 is 11.8 Å². The quantitative estimate of drug-likeness (QED) is 0.478. The molecule has 0 aromatic heterocycles. The summed E-state index contributed by atoms with van der Waals surface area (Å²) in [4.78, 5) is 1.22. The number of rotatable bonds is 7. The summed E-state index contributed by atoms with van der Waals surface area (Å²) in [6.07, 6.45) is 0.992. The van der Waals surface area contributed by atoms with Gasteiger partial charge in [0.1, 0.15) is 11.5 Å². The molecule has 4 heteroatoms. The molecular weight excluding hydrogens is 270 g/mol. The average molecular weight is 289 g/mol. The third-order valence-corrected chi connectivity index (χ3v) is 3.83. The summed E-state index contributed by atoms with van der Waals surface area (Å²) in [6.45, 7) is 0.709. The Morgan fingerprint density at radius 2 is 1.85 bits per heavy atom. The minimum absolute atomic E-state index is 0.709. The number of hydrogen-bond acceptors (Lipinski definition) is 4. The monoisotopic (exact) mass is 289 g/mol. The number of ether oxygens (including phenoxy) is 2. The Labute approximate surface area is 124 Å². The van der Waals surface area contributed by atoms with Crippen LogP contribution in [0.2, 0.25) is 0 Å². The van der Waals surface area contributed by atoms with Crippen LogP contribution in [0.5, 0.6) is 11.5 Å². The normalized spacial score (nSPS) is 10.2. The van der Waals surface area contributed by atoms with Crippen LogP contribution in [0.25, 0.3) is 0 Å². The van der Waals surface area contributed by atoms with Gasteiger partial charge in [0.2, 0.25) is 0 Å². The van der Waals surface area contributed by atoms with Crippen LogP contribution in [0.1, 0.15) is 6.42 Å². The third-order valence-electron chi connectivity index (χ3n) is 2.75. The van der Waals surface area contributed by atoms with E-state index < -0.39 is 0 Å². The van der Waals surface area contributed by atoms with Gasteiger partial charge in [-0.3, -0.25) is 0 Å². The molecule has 0 aliphatic rings. The number of anilines is 1. The van der Waals surface area contributed by atoms with E-state index >= 15 is 0 Å². The van der Waals surface area contributed by atoms with Crippen molar-refractivity contribution in [3.8, 4) is 11.5 Å². The molecule has 2 aromatic carbocycles. The molecule has 3 nitrogen and oxygen atoms in total. The van der Waals surface area contributed by atoms with Gasteiger partial charge in [-0.1, -0.05) is 6.07 Å². The van der Waals surface area contributed by atoms with Crippen molar-refractivity contribution in [3.05, 3.63) is 48.5 Å². The fraction of sp³-hybridized carbons (Fsp3) is 0.250. The predicted molar refractivity (Wildman–Crippen MR) is 84.7 cm³/mol. The molecule has 0 bridgehead atoms. The topological polar surface area (TPSA) is 44.5 Å². The van der Waals surface area contributed by atoms with E-state index in [1.54, 1.807) is 7.11 Å². The molecule has 0 unspecified atom stereocenters. The van der Waals surface area contributed by atoms with Crippen molar-refractivity contribution in [2.75, 3.05) is 25.2 Å². The molecule has 2 aromatic rings. The molecule has 0 aliphatic carbocycles. The first kappa shape index (κ1) is 14.6. The van der Waals surface area contributed by atoms with E-state index in [-0.39, 0.29) is 0 Å². The lowest BCUT2D eigenvalue weighted by molar-refractivity contribution is 0.319. The Hall–Kier alpha value is -1.81. The Kier molecular flexibility index (Phi) is 5.62. The van der Waals surface area contributed by atoms with Crippen molar-refractivity contribution in [1.29, 1.82) is 0 Å². The summed E-state index contributed by atoms with van der Waals surface area (Å²) in [5.74, 6) is 2.78. The minimum atomic E-state index is 0.709. The largest absolute Gasteiger partial charge is 0.497 e. The average Bonchev–Trinajstić information content (AvgIpc) is 2.49. The van der Waals surface area contributed by atoms with Gasteiger partial charge >= 0.3 is 0 Å². The Morgan fingerprint density at radius 1 is 1.05 bits per heavy atom. The van der Waals surface area contributed by atoms with E-state index in [4.69, 9.17) is 15.2 Å². The maximum atomic E-state index is 5.65. The maximum Gasteiger partial charge on any atom is 0.119 e. The molecule has 20 heavy (non-hydrogen) atoms. The summed E-state index contributed by atoms with van der Waals surface area (Å²) < 4.78 is 10.9. The van der Waals surface area contributed by atoms with Crippen molar-refractivity contribution >= 4 is 17.4 Å². The van der Waals surface area contributed by atoms with Crippen molar-refractivity contribution in [2.45, 2.75) is 11.3 Å². The van der Waals surface area contributed by atoms with Crippen LogP contribution in [-0.2, 0) is 0 Å². The Morgan fingerprint density at radius 3 is 2.60 bits per heavy atom. The second kappa shape index (κ2) is 7.70. The summed E-state index contributed by atoms with van der Waals surface area (Å²) >= 11 is 1.81. The van der Waals surface area contributed by atoms with E-state index in [9.17, 15) is 0 Å². The zero-order chi connectivity index (χ0) is 14.2. The third kappa shape index (κ3) is 4.70. The van der Waals surface area contributed by atoms with Gasteiger partial charge in [0.05, 0.1) is 13.7 Å². The molecule has 2 rings (SSSR count). The molecule has 0 amide bonds. The number of hydrogen-bond donors (Lipinski definition) is 1. The number of methoxy groups -OCH3 is 1. The number of nitrogens with two attached hydrogens (primary N) is 1. The molecule has 0 fully saturated rings. The highest BCUT2D eigenvalue weighted by Gasteiger charge is 1.98. The lowest BCUT2D eigenvalue weighted by Crippen LogP contribution is -1.98. The van der Waals surface area contributed by atoms with E-state index in [0.29, 0.717) is 6.61 Å². The van der Waals surface area contributed by atoms with Crippen molar-refractivity contribution in [1.82, 2.24) is 0 Å². The van der Waals surface area contributed by atoms with E-state index in [1.807, 2.05) is 54.2 Å². The van der Waals surface area contributed by atoms with Crippen LogP contribution in [0.4, 0.5) is 5.69 Å². The van der Waals surface area contributed by atoms with E-state index in [1.165, 1.54) is 4.90 Å². The standard InChI is InChI=1S/C16H19NO2S/c1-18-15-4-2-5-16(12-15)20-11-3-10-19-14-8-6-13(17)7-9-14/h2,4-9,12H,3,10-11,17H2,1H3. The lowest BCUT2D eigenvalue weighted by atomic mass is 10.3. The Bertz CT molecular complexity index is 528. The second-order valence-electron chi connectivity index (χ2n) is 4.30. The lowest BCUT2D eigenvalue weighted by Gasteiger charge is -2.07. The molecule has 0 saturated heterocycles. The summed E-state index contributed by atoms with van der Waals surface area (Å²) in [7, 11) is 1.68.